The Bertz CT molecular complexity index is 908. The minimum Gasteiger partial charge on any atom is -0.384 e. The maximum absolute atomic E-state index is 12.6. The molecule has 1 aromatic heterocycles. The van der Waals surface area contributed by atoms with Crippen molar-refractivity contribution in [2.75, 3.05) is 17.6 Å². The van der Waals surface area contributed by atoms with Gasteiger partial charge in [-0.1, -0.05) is 31.5 Å². The fourth-order valence-electron chi connectivity index (χ4n) is 2.65. The Morgan fingerprint density at radius 2 is 2.04 bits per heavy atom. The van der Waals surface area contributed by atoms with Crippen molar-refractivity contribution >= 4 is 50.1 Å². The predicted octanol–water partition coefficient (Wildman–Crippen LogP) is 6.18. The van der Waals surface area contributed by atoms with Gasteiger partial charge in [0.05, 0.1) is 11.3 Å². The molecule has 134 valence electrons. The Balaban J connectivity index is 1.67. The van der Waals surface area contributed by atoms with Crippen LogP contribution < -0.4 is 5.32 Å². The number of nitrogens with zero attached hydrogens (tertiary/aromatic N) is 1. The van der Waals surface area contributed by atoms with Crippen molar-refractivity contribution < 1.29 is 4.79 Å². The average molecular weight is 429 g/mol. The zero-order chi connectivity index (χ0) is 18.4. The van der Waals surface area contributed by atoms with Gasteiger partial charge in [0, 0.05) is 38.7 Å². The summed E-state index contributed by atoms with van der Waals surface area (Å²) < 4.78 is 0.929. The van der Waals surface area contributed by atoms with Crippen LogP contribution in [0.5, 0.6) is 0 Å². The molecule has 2 aromatic carbocycles. The van der Waals surface area contributed by atoms with Gasteiger partial charge in [-0.2, -0.15) is 0 Å². The summed E-state index contributed by atoms with van der Waals surface area (Å²) >= 11 is 5.13. The van der Waals surface area contributed by atoms with Crippen molar-refractivity contribution in [3.63, 3.8) is 0 Å². The van der Waals surface area contributed by atoms with E-state index in [0.717, 1.165) is 50.9 Å². The summed E-state index contributed by atoms with van der Waals surface area (Å²) in [6.45, 7) is 3.11. The predicted molar refractivity (Wildman–Crippen MR) is 114 cm³/mol. The number of carbonyl (C=O) groups is 1. The maximum atomic E-state index is 12.6. The van der Waals surface area contributed by atoms with Gasteiger partial charge >= 0.3 is 0 Å². The molecule has 3 rings (SSSR count). The Hall–Kier alpha value is -1.85. The first kappa shape index (κ1) is 18.9. The number of hydrogen-bond acceptors (Lipinski definition) is 4. The lowest BCUT2D eigenvalue weighted by Gasteiger charge is -2.10. The number of Topliss-reactive ketones (excluding diaryl/α,β-unsaturated/α-hetero) is 1. The maximum Gasteiger partial charge on any atom is 0.173 e. The van der Waals surface area contributed by atoms with E-state index in [-0.39, 0.29) is 5.78 Å². The van der Waals surface area contributed by atoms with Crippen LogP contribution in [0.25, 0.3) is 10.9 Å². The zero-order valence-corrected chi connectivity index (χ0v) is 17.1. The average Bonchev–Trinajstić information content (AvgIpc) is 2.67. The van der Waals surface area contributed by atoms with Gasteiger partial charge in [0.2, 0.25) is 0 Å². The summed E-state index contributed by atoms with van der Waals surface area (Å²) in [6.07, 6.45) is 4.08. The number of carbonyl (C=O) groups excluding carboxylic acids is 1. The summed E-state index contributed by atoms with van der Waals surface area (Å²) in [5, 5.41) is 4.48. The molecule has 0 bridgehead atoms. The third-order valence-electron chi connectivity index (χ3n) is 4.10. The minimum atomic E-state index is 0.122. The third-order valence-corrected chi connectivity index (χ3v) is 5.83. The molecular weight excluding hydrogens is 408 g/mol. The van der Waals surface area contributed by atoms with Crippen molar-refractivity contribution in [2.45, 2.75) is 24.7 Å². The van der Waals surface area contributed by atoms with Gasteiger partial charge in [-0.3, -0.25) is 9.78 Å². The fourth-order valence-corrected chi connectivity index (χ4v) is 4.11. The molecule has 3 nitrogen and oxygen atoms in total. The van der Waals surface area contributed by atoms with Crippen LogP contribution in [0.15, 0.2) is 64.1 Å². The third kappa shape index (κ3) is 4.65. The number of rotatable bonds is 8. The molecule has 0 amide bonds. The quantitative estimate of drug-likeness (QED) is 0.264. The molecule has 1 N–H and O–H groups in total. The van der Waals surface area contributed by atoms with E-state index in [1.54, 1.807) is 18.0 Å². The Kier molecular flexibility index (Phi) is 6.69. The van der Waals surface area contributed by atoms with E-state index in [2.05, 4.69) is 33.2 Å². The summed E-state index contributed by atoms with van der Waals surface area (Å²) in [6, 6.07) is 15.7. The van der Waals surface area contributed by atoms with E-state index in [1.807, 2.05) is 48.5 Å². The van der Waals surface area contributed by atoms with Crippen LogP contribution in [0.4, 0.5) is 5.69 Å². The lowest BCUT2D eigenvalue weighted by molar-refractivity contribution is 0.102. The van der Waals surface area contributed by atoms with E-state index in [9.17, 15) is 4.79 Å². The second kappa shape index (κ2) is 9.19. The molecule has 1 heterocycles. The van der Waals surface area contributed by atoms with E-state index in [1.165, 1.54) is 0 Å². The molecular formula is C21H21BrN2OS. The molecule has 0 radical (unpaired) electrons. The van der Waals surface area contributed by atoms with Crippen LogP contribution in [0.3, 0.4) is 0 Å². The SMILES string of the molecule is CCCCNc1ccc(C(=O)CSc2ccnc3ccccc23)cc1Br. The number of thioether (sulfide) groups is 1. The molecule has 0 aliphatic rings. The highest BCUT2D eigenvalue weighted by atomic mass is 79.9. The second-order valence-corrected chi connectivity index (χ2v) is 7.88. The summed E-state index contributed by atoms with van der Waals surface area (Å²) in [5.74, 6) is 0.528. The number of anilines is 1. The topological polar surface area (TPSA) is 42.0 Å². The molecule has 0 atom stereocenters. The van der Waals surface area contributed by atoms with Gasteiger partial charge in [0.15, 0.2) is 5.78 Å². The summed E-state index contributed by atoms with van der Waals surface area (Å²) in [7, 11) is 0. The number of pyridine rings is 1. The highest BCUT2D eigenvalue weighted by Gasteiger charge is 2.11. The highest BCUT2D eigenvalue weighted by molar-refractivity contribution is 9.10. The second-order valence-electron chi connectivity index (χ2n) is 6.01. The van der Waals surface area contributed by atoms with Crippen LogP contribution in [-0.2, 0) is 0 Å². The van der Waals surface area contributed by atoms with Crippen molar-refractivity contribution in [2.24, 2.45) is 0 Å². The van der Waals surface area contributed by atoms with Crippen molar-refractivity contribution in [1.82, 2.24) is 4.98 Å². The molecule has 3 aromatic rings. The first-order valence-corrected chi connectivity index (χ1v) is 10.5. The number of para-hydroxylation sites is 1. The summed E-state index contributed by atoms with van der Waals surface area (Å²) in [5.41, 5.74) is 2.71. The van der Waals surface area contributed by atoms with E-state index < -0.39 is 0 Å². The normalized spacial score (nSPS) is 10.8. The van der Waals surface area contributed by atoms with Gasteiger partial charge < -0.3 is 5.32 Å². The Labute approximate surface area is 166 Å². The number of hydrogen-bond donors (Lipinski definition) is 1. The highest BCUT2D eigenvalue weighted by Crippen LogP contribution is 2.28. The Morgan fingerprint density at radius 1 is 1.19 bits per heavy atom. The number of fused-ring (bicyclic) bond motifs is 1. The molecule has 26 heavy (non-hydrogen) atoms. The van der Waals surface area contributed by atoms with E-state index in [0.29, 0.717) is 5.75 Å². The van der Waals surface area contributed by atoms with Gasteiger partial charge in [0.25, 0.3) is 0 Å². The minimum absolute atomic E-state index is 0.122. The molecule has 0 fully saturated rings. The van der Waals surface area contributed by atoms with E-state index >= 15 is 0 Å². The number of ketones is 1. The molecule has 0 aliphatic carbocycles. The van der Waals surface area contributed by atoms with Crippen LogP contribution in [0, 0.1) is 0 Å². The van der Waals surface area contributed by atoms with E-state index in [4.69, 9.17) is 0 Å². The molecule has 0 unspecified atom stereocenters. The standard InChI is InChI=1S/C21H21BrN2OS/c1-2-3-11-23-19-9-8-15(13-17(19)22)20(25)14-26-21-10-12-24-18-7-5-4-6-16(18)21/h4-10,12-13,23H,2-3,11,14H2,1H3. The first-order chi connectivity index (χ1) is 12.7. The molecule has 0 spiro atoms. The van der Waals surface area contributed by atoms with Crippen molar-refractivity contribution in [3.05, 3.63) is 64.8 Å². The van der Waals surface area contributed by atoms with Crippen LogP contribution in [-0.4, -0.2) is 23.1 Å². The smallest absolute Gasteiger partial charge is 0.173 e. The number of nitrogens with one attached hydrogen (secondary N) is 1. The number of aromatic nitrogens is 1. The number of unbranched alkanes of at least 4 members (excludes halogenated alkanes) is 1. The first-order valence-electron chi connectivity index (χ1n) is 8.72. The summed E-state index contributed by atoms with van der Waals surface area (Å²) in [4.78, 5) is 18.1. The molecule has 0 aliphatic heterocycles. The van der Waals surface area contributed by atoms with Gasteiger partial charge in [-0.15, -0.1) is 11.8 Å². The monoisotopic (exact) mass is 428 g/mol. The van der Waals surface area contributed by atoms with Gasteiger partial charge in [-0.25, -0.2) is 0 Å². The number of benzene rings is 2. The lowest BCUT2D eigenvalue weighted by atomic mass is 10.1. The number of halogens is 1. The molecule has 0 saturated carbocycles. The largest absolute Gasteiger partial charge is 0.384 e. The van der Waals surface area contributed by atoms with Gasteiger partial charge in [0.1, 0.15) is 0 Å². The molecule has 0 saturated heterocycles. The van der Waals surface area contributed by atoms with Crippen molar-refractivity contribution in [3.8, 4) is 0 Å². The Morgan fingerprint density at radius 3 is 2.85 bits per heavy atom. The zero-order valence-electron chi connectivity index (χ0n) is 14.7. The van der Waals surface area contributed by atoms with Crippen LogP contribution >= 0.6 is 27.7 Å². The fraction of sp³-hybridized carbons (Fsp3) is 0.238. The van der Waals surface area contributed by atoms with Crippen LogP contribution in [0.1, 0.15) is 30.1 Å². The lowest BCUT2D eigenvalue weighted by Crippen LogP contribution is -2.05. The molecule has 5 heteroatoms. The van der Waals surface area contributed by atoms with Crippen LogP contribution in [0.2, 0.25) is 0 Å². The van der Waals surface area contributed by atoms with Gasteiger partial charge in [-0.05, 0) is 52.7 Å². The van der Waals surface area contributed by atoms with Crippen molar-refractivity contribution in [1.29, 1.82) is 0 Å².